The Balaban J connectivity index is 1.49. The zero-order valence-electron chi connectivity index (χ0n) is 20.8. The largest absolute Gasteiger partial charge is 0.490 e. The molecule has 2 saturated heterocycles. The molecule has 3 aromatic rings. The van der Waals surface area contributed by atoms with Crippen molar-refractivity contribution in [3.63, 3.8) is 0 Å². The van der Waals surface area contributed by atoms with E-state index < -0.39 is 16.9 Å². The second-order valence-electron chi connectivity index (χ2n) is 10.4. The maximum Gasteiger partial charge on any atom is 0.251 e. The number of para-hydroxylation sites is 2. The number of ether oxygens (including phenoxy) is 1. The fourth-order valence-electron chi connectivity index (χ4n) is 7.58. The van der Waals surface area contributed by atoms with Gasteiger partial charge in [-0.3, -0.25) is 19.3 Å². The second kappa shape index (κ2) is 8.13. The van der Waals surface area contributed by atoms with Gasteiger partial charge in [0.15, 0.2) is 5.78 Å². The Bertz CT molecular complexity index is 1520. The first-order valence-corrected chi connectivity index (χ1v) is 13.0. The summed E-state index contributed by atoms with van der Waals surface area (Å²) in [5.41, 5.74) is 0.531. The number of nitrogens with one attached hydrogen (secondary N) is 2. The lowest BCUT2D eigenvalue weighted by Crippen LogP contribution is -2.62. The number of amides is 2. The predicted molar refractivity (Wildman–Crippen MR) is 143 cm³/mol. The fraction of sp³-hybridized carbons (Fsp3) is 0.258. The van der Waals surface area contributed by atoms with E-state index >= 15 is 0 Å². The number of carbonyl (C=O) groups is 3. The summed E-state index contributed by atoms with van der Waals surface area (Å²) in [7, 11) is 0. The molecule has 38 heavy (non-hydrogen) atoms. The average Bonchev–Trinajstić information content (AvgIpc) is 3.66. The van der Waals surface area contributed by atoms with Crippen molar-refractivity contribution in [2.45, 2.75) is 29.8 Å². The topological polar surface area (TPSA) is 87.7 Å². The van der Waals surface area contributed by atoms with Crippen molar-refractivity contribution in [2.75, 3.05) is 23.8 Å². The number of fused-ring (bicyclic) bond motifs is 7. The fourth-order valence-corrected chi connectivity index (χ4v) is 7.58. The van der Waals surface area contributed by atoms with Crippen molar-refractivity contribution in [1.29, 1.82) is 0 Å². The van der Waals surface area contributed by atoms with Gasteiger partial charge < -0.3 is 15.4 Å². The highest BCUT2D eigenvalue weighted by Gasteiger charge is 2.81. The number of hydrogen-bond donors (Lipinski definition) is 2. The van der Waals surface area contributed by atoms with E-state index in [-0.39, 0.29) is 23.6 Å². The summed E-state index contributed by atoms with van der Waals surface area (Å²) in [6.45, 7) is 4.67. The maximum atomic E-state index is 14.6. The van der Waals surface area contributed by atoms with Crippen LogP contribution in [0.15, 0.2) is 85.5 Å². The van der Waals surface area contributed by atoms with Crippen LogP contribution < -0.4 is 15.4 Å². The summed E-state index contributed by atoms with van der Waals surface area (Å²) < 4.78 is 5.62. The normalized spacial score (nSPS) is 28.6. The van der Waals surface area contributed by atoms with Gasteiger partial charge in [-0.1, -0.05) is 49.1 Å². The van der Waals surface area contributed by atoms with Gasteiger partial charge in [0.2, 0.25) is 5.91 Å². The van der Waals surface area contributed by atoms with Crippen molar-refractivity contribution >= 4 is 29.0 Å². The minimum atomic E-state index is -1.43. The molecule has 0 unspecified atom stereocenters. The van der Waals surface area contributed by atoms with Gasteiger partial charge in [-0.05, 0) is 61.3 Å². The summed E-state index contributed by atoms with van der Waals surface area (Å²) in [6.07, 6.45) is 3.24. The number of rotatable bonds is 5. The molecule has 0 saturated carbocycles. The number of carbonyl (C=O) groups excluding carboxylic acids is 3. The van der Waals surface area contributed by atoms with Gasteiger partial charge >= 0.3 is 0 Å². The number of Topliss-reactive ketones (excluding diaryl/α,β-unsaturated/α-hetero) is 1. The maximum absolute atomic E-state index is 14.6. The van der Waals surface area contributed by atoms with Gasteiger partial charge in [0.05, 0.1) is 5.92 Å². The average molecular weight is 506 g/mol. The van der Waals surface area contributed by atoms with Crippen LogP contribution in [-0.2, 0) is 20.5 Å². The predicted octanol–water partition coefficient (Wildman–Crippen LogP) is 4.27. The van der Waals surface area contributed by atoms with Crippen molar-refractivity contribution in [1.82, 2.24) is 4.90 Å². The van der Waals surface area contributed by atoms with Gasteiger partial charge in [0.1, 0.15) is 23.3 Å². The monoisotopic (exact) mass is 505 g/mol. The summed E-state index contributed by atoms with van der Waals surface area (Å²) in [5.74, 6) is -0.816. The minimum Gasteiger partial charge on any atom is -0.490 e. The molecule has 2 amide bonds. The summed E-state index contributed by atoms with van der Waals surface area (Å²) in [5, 5.41) is 6.14. The van der Waals surface area contributed by atoms with Gasteiger partial charge in [0, 0.05) is 28.5 Å². The highest BCUT2D eigenvalue weighted by atomic mass is 16.5. The van der Waals surface area contributed by atoms with E-state index in [2.05, 4.69) is 22.1 Å². The van der Waals surface area contributed by atoms with Crippen LogP contribution in [0.3, 0.4) is 0 Å². The first-order valence-electron chi connectivity index (χ1n) is 13.0. The first kappa shape index (κ1) is 22.9. The van der Waals surface area contributed by atoms with Crippen LogP contribution in [0.1, 0.15) is 34.3 Å². The van der Waals surface area contributed by atoms with Gasteiger partial charge in [0.25, 0.3) is 5.91 Å². The molecular formula is C31H27N3O4. The number of benzene rings is 3. The van der Waals surface area contributed by atoms with Crippen molar-refractivity contribution in [3.05, 3.63) is 102 Å². The number of hydrogen-bond acceptors (Lipinski definition) is 5. The molecule has 0 aliphatic carbocycles. The third-order valence-electron chi connectivity index (χ3n) is 8.79. The van der Waals surface area contributed by atoms with Gasteiger partial charge in [-0.2, -0.15) is 0 Å². The lowest BCUT2D eigenvalue weighted by Gasteiger charge is -2.43. The molecule has 7 nitrogen and oxygen atoms in total. The van der Waals surface area contributed by atoms with Crippen LogP contribution in [0.5, 0.6) is 5.75 Å². The molecule has 3 aromatic carbocycles. The van der Waals surface area contributed by atoms with Crippen molar-refractivity contribution in [3.8, 4) is 5.75 Å². The molecule has 0 bridgehead atoms. The smallest absolute Gasteiger partial charge is 0.251 e. The highest BCUT2D eigenvalue weighted by Crippen LogP contribution is 2.67. The molecule has 0 aromatic heterocycles. The van der Waals surface area contributed by atoms with E-state index in [0.29, 0.717) is 41.4 Å². The molecule has 4 atom stereocenters. The van der Waals surface area contributed by atoms with Crippen LogP contribution in [0.4, 0.5) is 11.4 Å². The molecule has 0 radical (unpaired) electrons. The van der Waals surface area contributed by atoms with E-state index in [4.69, 9.17) is 4.74 Å². The lowest BCUT2D eigenvalue weighted by molar-refractivity contribution is -0.137. The Labute approximate surface area is 220 Å². The van der Waals surface area contributed by atoms with Gasteiger partial charge in [-0.25, -0.2) is 0 Å². The second-order valence-corrected chi connectivity index (χ2v) is 10.4. The molecule has 4 heterocycles. The molecule has 7 rings (SSSR count). The van der Waals surface area contributed by atoms with Crippen molar-refractivity contribution < 1.29 is 19.1 Å². The van der Waals surface area contributed by atoms with E-state index in [1.165, 1.54) is 0 Å². The standard InChI is InChI=1S/C31H27N3O4/c1-2-18-38-20-15-13-19(14-16-20)27(35)26-25-12-7-17-34(25)31(22-9-4-6-11-24(22)33-29(31)37)30(26)21-8-3-5-10-23(21)32-28(30)36/h2-6,8-11,13-16,25-26H,1,7,12,17-18H2,(H,32,36)(H,33,37)/t25-,26-,30+,31+/m1/s1. The molecule has 190 valence electrons. The quantitative estimate of drug-likeness (QED) is 0.400. The SMILES string of the molecule is C=CCOc1ccc(C(=O)[C@H]2[C@H]3CCCN3[C@@]3(C(=O)Nc4ccccc43)[C@]23C(=O)Nc2ccccc23)cc1. The molecule has 7 heteroatoms. The van der Waals surface area contributed by atoms with Crippen LogP contribution in [0, 0.1) is 5.92 Å². The Kier molecular flexibility index (Phi) is 4.91. The third kappa shape index (κ3) is 2.64. The summed E-state index contributed by atoms with van der Waals surface area (Å²) in [6, 6.07) is 21.8. The molecular weight excluding hydrogens is 478 g/mol. The molecule has 4 aliphatic rings. The Morgan fingerprint density at radius 1 is 0.947 bits per heavy atom. The zero-order chi connectivity index (χ0) is 26.1. The Morgan fingerprint density at radius 3 is 2.34 bits per heavy atom. The van der Waals surface area contributed by atoms with Crippen LogP contribution in [0.2, 0.25) is 0 Å². The Hall–Kier alpha value is -4.23. The van der Waals surface area contributed by atoms with Crippen molar-refractivity contribution in [2.24, 2.45) is 5.92 Å². The highest BCUT2D eigenvalue weighted by molar-refractivity contribution is 6.21. The van der Waals surface area contributed by atoms with Crippen LogP contribution >= 0.6 is 0 Å². The third-order valence-corrected chi connectivity index (χ3v) is 8.79. The lowest BCUT2D eigenvalue weighted by atomic mass is 9.57. The van der Waals surface area contributed by atoms with E-state index in [1.807, 2.05) is 48.5 Å². The molecule has 2 spiro atoms. The van der Waals surface area contributed by atoms with Crippen LogP contribution in [-0.4, -0.2) is 41.7 Å². The summed E-state index contributed by atoms with van der Waals surface area (Å²) in [4.78, 5) is 45.5. The number of nitrogens with zero attached hydrogens (tertiary/aromatic N) is 1. The van der Waals surface area contributed by atoms with Gasteiger partial charge in [-0.15, -0.1) is 0 Å². The van der Waals surface area contributed by atoms with E-state index in [9.17, 15) is 14.4 Å². The number of anilines is 2. The molecule has 2 fully saturated rings. The first-order chi connectivity index (χ1) is 18.5. The molecule has 2 N–H and O–H groups in total. The Morgan fingerprint density at radius 2 is 1.61 bits per heavy atom. The van der Waals surface area contributed by atoms with E-state index in [1.54, 1.807) is 30.3 Å². The minimum absolute atomic E-state index is 0.141. The van der Waals surface area contributed by atoms with Crippen LogP contribution in [0.25, 0.3) is 0 Å². The zero-order valence-corrected chi connectivity index (χ0v) is 20.8. The summed E-state index contributed by atoms with van der Waals surface area (Å²) >= 11 is 0. The molecule has 4 aliphatic heterocycles. The van der Waals surface area contributed by atoms with E-state index in [0.717, 1.165) is 18.4 Å². The number of ketones is 1.